The van der Waals surface area contributed by atoms with Gasteiger partial charge in [-0.05, 0) is 37.5 Å². The average molecular weight is 333 g/mol. The van der Waals surface area contributed by atoms with Crippen LogP contribution in [0.2, 0.25) is 0 Å². The van der Waals surface area contributed by atoms with Gasteiger partial charge in [-0.15, -0.1) is 0 Å². The average Bonchev–Trinajstić information content (AvgIpc) is 2.45. The van der Waals surface area contributed by atoms with Crippen molar-refractivity contribution in [2.45, 2.75) is 33.4 Å². The number of alkyl halides is 3. The van der Waals surface area contributed by atoms with Gasteiger partial charge in [0.05, 0.1) is 6.42 Å². The Morgan fingerprint density at radius 3 is 2.35 bits per heavy atom. The van der Waals surface area contributed by atoms with Crippen LogP contribution < -0.4 is 10.1 Å². The highest BCUT2D eigenvalue weighted by Crippen LogP contribution is 2.26. The molecule has 1 aromatic carbocycles. The largest absolute Gasteiger partial charge is 0.440 e. The molecule has 0 saturated heterocycles. The van der Waals surface area contributed by atoms with Crippen molar-refractivity contribution in [1.29, 1.82) is 0 Å². The fourth-order valence-electron chi connectivity index (χ4n) is 1.71. The molecule has 128 valence electrons. The van der Waals surface area contributed by atoms with Crippen molar-refractivity contribution in [3.05, 3.63) is 28.8 Å². The number of esters is 1. The minimum atomic E-state index is -4.59. The quantitative estimate of drug-likeness (QED) is 0.664. The molecule has 23 heavy (non-hydrogen) atoms. The number of hydrogen-bond donors (Lipinski definition) is 1. The molecule has 1 amide bonds. The smallest absolute Gasteiger partial charge is 0.422 e. The third-order valence-corrected chi connectivity index (χ3v) is 3.05. The summed E-state index contributed by atoms with van der Waals surface area (Å²) in [6.07, 6.45) is -6.01. The van der Waals surface area contributed by atoms with Gasteiger partial charge in [0.2, 0.25) is 0 Å². The number of benzene rings is 1. The molecule has 1 aromatic rings. The topological polar surface area (TPSA) is 64.6 Å². The first kappa shape index (κ1) is 18.8. The molecule has 0 atom stereocenters. The molecule has 0 radical (unpaired) electrons. The van der Waals surface area contributed by atoms with E-state index in [1.807, 2.05) is 26.0 Å². The molecule has 8 heteroatoms. The SMILES string of the molecule is Cc1ccc(C)c(OC(=O)CCNC(=O)OCC(F)(F)F)c1C. The number of aryl methyl sites for hydroxylation is 2. The van der Waals surface area contributed by atoms with Gasteiger partial charge in [0.1, 0.15) is 5.75 Å². The number of rotatable bonds is 5. The maximum Gasteiger partial charge on any atom is 0.422 e. The summed E-state index contributed by atoms with van der Waals surface area (Å²) >= 11 is 0. The Morgan fingerprint density at radius 2 is 1.74 bits per heavy atom. The zero-order valence-corrected chi connectivity index (χ0v) is 13.0. The monoisotopic (exact) mass is 333 g/mol. The van der Waals surface area contributed by atoms with Gasteiger partial charge in [0.15, 0.2) is 6.61 Å². The molecule has 1 rings (SSSR count). The van der Waals surface area contributed by atoms with Crippen molar-refractivity contribution in [2.75, 3.05) is 13.2 Å². The molecule has 1 N–H and O–H groups in total. The molecule has 0 saturated carbocycles. The van der Waals surface area contributed by atoms with Gasteiger partial charge in [0.25, 0.3) is 0 Å². The summed E-state index contributed by atoms with van der Waals surface area (Å²) in [6.45, 7) is 3.63. The number of carbonyl (C=O) groups is 2. The summed E-state index contributed by atoms with van der Waals surface area (Å²) < 4.78 is 44.7. The lowest BCUT2D eigenvalue weighted by molar-refractivity contribution is -0.160. The predicted molar refractivity (Wildman–Crippen MR) is 76.3 cm³/mol. The van der Waals surface area contributed by atoms with Gasteiger partial charge in [0, 0.05) is 6.54 Å². The van der Waals surface area contributed by atoms with E-state index in [2.05, 4.69) is 10.1 Å². The molecule has 0 spiro atoms. The zero-order chi connectivity index (χ0) is 17.6. The molecule has 5 nitrogen and oxygen atoms in total. The van der Waals surface area contributed by atoms with Gasteiger partial charge in [-0.2, -0.15) is 13.2 Å². The molecule has 0 aliphatic carbocycles. The zero-order valence-electron chi connectivity index (χ0n) is 13.0. The van der Waals surface area contributed by atoms with Crippen LogP contribution in [0.5, 0.6) is 5.75 Å². The van der Waals surface area contributed by atoms with Crippen molar-refractivity contribution in [3.63, 3.8) is 0 Å². The number of nitrogens with one attached hydrogen (secondary N) is 1. The third kappa shape index (κ3) is 6.58. The van der Waals surface area contributed by atoms with Gasteiger partial charge in [-0.25, -0.2) is 4.79 Å². The maximum atomic E-state index is 11.8. The van der Waals surface area contributed by atoms with E-state index in [0.717, 1.165) is 16.7 Å². The van der Waals surface area contributed by atoms with E-state index in [9.17, 15) is 22.8 Å². The van der Waals surface area contributed by atoms with Crippen LogP contribution in [-0.2, 0) is 9.53 Å². The van der Waals surface area contributed by atoms with Crippen molar-refractivity contribution in [3.8, 4) is 5.75 Å². The lowest BCUT2D eigenvalue weighted by atomic mass is 10.1. The predicted octanol–water partition coefficient (Wildman–Crippen LogP) is 3.20. The summed E-state index contributed by atoms with van der Waals surface area (Å²) in [5.41, 5.74) is 2.59. The fourth-order valence-corrected chi connectivity index (χ4v) is 1.71. The second-order valence-corrected chi connectivity index (χ2v) is 5.00. The number of amides is 1. The minimum absolute atomic E-state index is 0.181. The molecule has 0 aromatic heterocycles. The molecular weight excluding hydrogens is 315 g/mol. The summed E-state index contributed by atoms with van der Waals surface area (Å²) in [7, 11) is 0. The number of ether oxygens (including phenoxy) is 2. The summed E-state index contributed by atoms with van der Waals surface area (Å²) in [5.74, 6) is -0.146. The van der Waals surface area contributed by atoms with E-state index in [1.165, 1.54) is 0 Å². The van der Waals surface area contributed by atoms with Crippen LogP contribution in [0.4, 0.5) is 18.0 Å². The first-order chi connectivity index (χ1) is 10.6. The van der Waals surface area contributed by atoms with Gasteiger partial charge in [-0.1, -0.05) is 12.1 Å². The second kappa shape index (κ2) is 7.85. The second-order valence-electron chi connectivity index (χ2n) is 5.00. The van der Waals surface area contributed by atoms with Crippen LogP contribution >= 0.6 is 0 Å². The lowest BCUT2D eigenvalue weighted by Crippen LogP contribution is -2.31. The van der Waals surface area contributed by atoms with E-state index in [1.54, 1.807) is 6.92 Å². The van der Waals surface area contributed by atoms with E-state index >= 15 is 0 Å². The summed E-state index contributed by atoms with van der Waals surface area (Å²) in [6, 6.07) is 3.72. The van der Waals surface area contributed by atoms with E-state index in [0.29, 0.717) is 5.75 Å². The fraction of sp³-hybridized carbons (Fsp3) is 0.467. The summed E-state index contributed by atoms with van der Waals surface area (Å²) in [5, 5.41) is 2.05. The maximum absolute atomic E-state index is 11.8. The summed E-state index contributed by atoms with van der Waals surface area (Å²) in [4.78, 5) is 22.7. The van der Waals surface area contributed by atoms with Crippen LogP contribution in [0, 0.1) is 20.8 Å². The molecule has 0 heterocycles. The van der Waals surface area contributed by atoms with Gasteiger partial charge in [-0.3, -0.25) is 4.79 Å². The Kier molecular flexibility index (Phi) is 6.41. The molecular formula is C15H18F3NO4. The Labute approximate surface area is 131 Å². The van der Waals surface area contributed by atoms with Crippen molar-refractivity contribution in [2.24, 2.45) is 0 Å². The van der Waals surface area contributed by atoms with Gasteiger partial charge < -0.3 is 14.8 Å². The number of carbonyl (C=O) groups excluding carboxylic acids is 2. The number of halogens is 3. The van der Waals surface area contributed by atoms with E-state index in [-0.39, 0.29) is 13.0 Å². The highest BCUT2D eigenvalue weighted by molar-refractivity contribution is 5.74. The molecule has 0 aliphatic heterocycles. The first-order valence-electron chi connectivity index (χ1n) is 6.85. The molecule has 0 unspecified atom stereocenters. The van der Waals surface area contributed by atoms with Crippen LogP contribution in [0.3, 0.4) is 0 Å². The molecule has 0 fully saturated rings. The number of alkyl carbamates (subject to hydrolysis) is 1. The normalized spacial score (nSPS) is 11.0. The van der Waals surface area contributed by atoms with E-state index in [4.69, 9.17) is 4.74 Å². The Morgan fingerprint density at radius 1 is 1.13 bits per heavy atom. The van der Waals surface area contributed by atoms with Gasteiger partial charge >= 0.3 is 18.2 Å². The van der Waals surface area contributed by atoms with Crippen molar-refractivity contribution >= 4 is 12.1 Å². The van der Waals surface area contributed by atoms with Crippen LogP contribution in [0.15, 0.2) is 12.1 Å². The van der Waals surface area contributed by atoms with E-state index < -0.39 is 24.8 Å². The van der Waals surface area contributed by atoms with Crippen LogP contribution in [-0.4, -0.2) is 31.4 Å². The highest BCUT2D eigenvalue weighted by atomic mass is 19.4. The van der Waals surface area contributed by atoms with Crippen molar-refractivity contribution < 1.29 is 32.2 Å². The standard InChI is InChI=1S/C15H18F3NO4/c1-9-4-5-10(2)13(11(9)3)23-12(20)6-7-19-14(21)22-8-15(16,17)18/h4-5H,6-8H2,1-3H3,(H,19,21). The van der Waals surface area contributed by atoms with Crippen LogP contribution in [0.1, 0.15) is 23.1 Å². The minimum Gasteiger partial charge on any atom is -0.440 e. The van der Waals surface area contributed by atoms with Crippen molar-refractivity contribution in [1.82, 2.24) is 5.32 Å². The molecule has 0 aliphatic rings. The first-order valence-corrected chi connectivity index (χ1v) is 6.85. The highest BCUT2D eigenvalue weighted by Gasteiger charge is 2.29. The van der Waals surface area contributed by atoms with Crippen LogP contribution in [0.25, 0.3) is 0 Å². The Bertz CT molecular complexity index is 585. The number of hydrogen-bond acceptors (Lipinski definition) is 4. The Balaban J connectivity index is 2.41. The Hall–Kier alpha value is -2.25. The third-order valence-electron chi connectivity index (χ3n) is 3.05. The molecule has 0 bridgehead atoms. The lowest BCUT2D eigenvalue weighted by Gasteiger charge is -2.13.